The average Bonchev–Trinajstić information content (AvgIpc) is 3.17. The van der Waals surface area contributed by atoms with Gasteiger partial charge >= 0.3 is 0 Å². The number of carbonyl (C=O) groups excluding carboxylic acids is 1. The van der Waals surface area contributed by atoms with Crippen molar-refractivity contribution in [2.45, 2.75) is 32.1 Å². The highest BCUT2D eigenvalue weighted by Crippen LogP contribution is 2.42. The summed E-state index contributed by atoms with van der Waals surface area (Å²) in [6.07, 6.45) is 1.66. The lowest BCUT2D eigenvalue weighted by Crippen LogP contribution is -2.36. The van der Waals surface area contributed by atoms with Gasteiger partial charge in [0.2, 0.25) is 0 Å². The van der Waals surface area contributed by atoms with E-state index < -0.39 is 11.6 Å². The van der Waals surface area contributed by atoms with Crippen LogP contribution < -0.4 is 10.3 Å². The Morgan fingerprint density at radius 2 is 1.86 bits per heavy atom. The third-order valence-electron chi connectivity index (χ3n) is 7.40. The summed E-state index contributed by atoms with van der Waals surface area (Å²) in [5.74, 6) is -0.696. The minimum absolute atomic E-state index is 0.0393. The number of benzene rings is 2. The van der Waals surface area contributed by atoms with Gasteiger partial charge in [-0.25, -0.2) is 8.78 Å². The molecule has 1 aliphatic carbocycles. The van der Waals surface area contributed by atoms with Crippen molar-refractivity contribution in [2.24, 2.45) is 5.92 Å². The van der Waals surface area contributed by atoms with Crippen molar-refractivity contribution in [1.82, 2.24) is 4.90 Å². The fourth-order valence-corrected chi connectivity index (χ4v) is 5.51. The van der Waals surface area contributed by atoms with E-state index in [1.807, 2.05) is 11.8 Å². The average molecular weight is 497 g/mol. The summed E-state index contributed by atoms with van der Waals surface area (Å²) in [6.45, 7) is 4.39. The third kappa shape index (κ3) is 4.50. The lowest BCUT2D eigenvalue weighted by Gasteiger charge is -2.27. The number of anilines is 1. The number of hydrogen-bond donors (Lipinski definition) is 0. The molecular weight excluding hydrogens is 466 g/mol. The van der Waals surface area contributed by atoms with E-state index in [2.05, 4.69) is 0 Å². The maximum Gasteiger partial charge on any atom is 0.253 e. The molecule has 2 aromatic carbocycles. The maximum atomic E-state index is 14.4. The van der Waals surface area contributed by atoms with E-state index in [0.29, 0.717) is 79.1 Å². The van der Waals surface area contributed by atoms with Crippen molar-refractivity contribution in [3.05, 3.63) is 74.4 Å². The Balaban J connectivity index is 1.56. The van der Waals surface area contributed by atoms with Gasteiger partial charge in [-0.05, 0) is 66.0 Å². The lowest BCUT2D eigenvalue weighted by molar-refractivity contribution is 0.0827. The molecule has 8 heteroatoms. The van der Waals surface area contributed by atoms with Gasteiger partial charge in [0.1, 0.15) is 17.2 Å². The second-order valence-electron chi connectivity index (χ2n) is 10.0. The first-order valence-corrected chi connectivity index (χ1v) is 12.4. The molecule has 36 heavy (non-hydrogen) atoms. The van der Waals surface area contributed by atoms with Crippen molar-refractivity contribution in [1.29, 1.82) is 0 Å². The van der Waals surface area contributed by atoms with Crippen molar-refractivity contribution in [3.8, 4) is 0 Å². The summed E-state index contributed by atoms with van der Waals surface area (Å²) in [5.41, 5.74) is 2.68. The highest BCUT2D eigenvalue weighted by atomic mass is 19.1. The molecule has 0 N–H and O–H groups in total. The van der Waals surface area contributed by atoms with Crippen LogP contribution in [0.1, 0.15) is 46.3 Å². The molecule has 1 saturated heterocycles. The largest absolute Gasteiger partial charge is 0.440 e. The number of aryl methyl sites for hydroxylation is 1. The zero-order valence-corrected chi connectivity index (χ0v) is 20.8. The van der Waals surface area contributed by atoms with Crippen molar-refractivity contribution in [2.75, 3.05) is 45.3 Å². The summed E-state index contributed by atoms with van der Waals surface area (Å²) in [5, 5.41) is 0.353. The predicted octanol–water partition coefficient (Wildman–Crippen LogP) is 4.52. The van der Waals surface area contributed by atoms with Crippen LogP contribution in [0.2, 0.25) is 0 Å². The zero-order valence-electron chi connectivity index (χ0n) is 20.8. The standard InChI is InChI=1S/C28H30F2N2O4/c1-16-10-22-21(13-19(29)14-24(22)30)20(16)5-4-17-11-18(28(34)31(2)3)12-23-25(33)15-26(36-27(17)23)32-6-8-35-9-7-32/h11-16,20H,4-10H2,1-3H3/t16-,20?/m1/s1. The van der Waals surface area contributed by atoms with Gasteiger partial charge in [-0.15, -0.1) is 0 Å². The smallest absolute Gasteiger partial charge is 0.253 e. The van der Waals surface area contributed by atoms with E-state index in [-0.39, 0.29) is 23.2 Å². The highest BCUT2D eigenvalue weighted by molar-refractivity contribution is 5.98. The van der Waals surface area contributed by atoms with Crippen LogP contribution in [0.15, 0.2) is 39.5 Å². The number of rotatable bonds is 5. The Kier molecular flexibility index (Phi) is 6.55. The van der Waals surface area contributed by atoms with E-state index >= 15 is 0 Å². The number of hydrogen-bond acceptors (Lipinski definition) is 5. The molecule has 1 aromatic heterocycles. The van der Waals surface area contributed by atoms with E-state index in [1.54, 1.807) is 26.2 Å². The molecule has 0 bridgehead atoms. The van der Waals surface area contributed by atoms with Gasteiger partial charge in [-0.2, -0.15) is 0 Å². The molecule has 0 radical (unpaired) electrons. The van der Waals surface area contributed by atoms with Crippen LogP contribution in [0.5, 0.6) is 0 Å². The fraction of sp³-hybridized carbons (Fsp3) is 0.429. The molecular formula is C28H30F2N2O4. The molecule has 2 atom stereocenters. The van der Waals surface area contributed by atoms with Gasteiger partial charge in [0, 0.05) is 44.9 Å². The van der Waals surface area contributed by atoms with Crippen molar-refractivity contribution >= 4 is 22.8 Å². The molecule has 2 heterocycles. The second kappa shape index (κ2) is 9.65. The molecule has 1 fully saturated rings. The van der Waals surface area contributed by atoms with Gasteiger partial charge in [0.05, 0.1) is 18.6 Å². The highest BCUT2D eigenvalue weighted by Gasteiger charge is 2.32. The number of fused-ring (bicyclic) bond motifs is 2. The molecule has 0 spiro atoms. The minimum atomic E-state index is -0.574. The summed E-state index contributed by atoms with van der Waals surface area (Å²) < 4.78 is 40.1. The van der Waals surface area contributed by atoms with Crippen molar-refractivity contribution in [3.63, 3.8) is 0 Å². The quantitative estimate of drug-likeness (QED) is 0.520. The summed E-state index contributed by atoms with van der Waals surface area (Å²) >= 11 is 0. The number of carbonyl (C=O) groups is 1. The van der Waals surface area contributed by atoms with Crippen LogP contribution in [-0.4, -0.2) is 51.2 Å². The Labute approximate surface area is 208 Å². The molecule has 1 unspecified atom stereocenters. The molecule has 1 amide bonds. The first kappa shape index (κ1) is 24.4. The van der Waals surface area contributed by atoms with E-state index in [9.17, 15) is 18.4 Å². The number of nitrogens with zero attached hydrogens (tertiary/aromatic N) is 2. The molecule has 1 aliphatic heterocycles. The number of amides is 1. The fourth-order valence-electron chi connectivity index (χ4n) is 5.51. The van der Waals surface area contributed by atoms with Crippen LogP contribution in [0, 0.1) is 17.6 Å². The molecule has 3 aromatic rings. The van der Waals surface area contributed by atoms with Gasteiger partial charge in [0.25, 0.3) is 5.91 Å². The first-order chi connectivity index (χ1) is 17.2. The number of halogens is 2. The molecule has 5 rings (SSSR count). The van der Waals surface area contributed by atoms with Gasteiger partial charge < -0.3 is 19.0 Å². The van der Waals surface area contributed by atoms with Crippen LogP contribution in [0.4, 0.5) is 14.7 Å². The normalized spacial score (nSPS) is 19.5. The van der Waals surface area contributed by atoms with Gasteiger partial charge in [0.15, 0.2) is 11.3 Å². The topological polar surface area (TPSA) is 63.0 Å². The summed E-state index contributed by atoms with van der Waals surface area (Å²) in [6, 6.07) is 7.23. The Bertz CT molecular complexity index is 1380. The van der Waals surface area contributed by atoms with E-state index in [4.69, 9.17) is 9.15 Å². The minimum Gasteiger partial charge on any atom is -0.440 e. The predicted molar refractivity (Wildman–Crippen MR) is 134 cm³/mol. The zero-order chi connectivity index (χ0) is 25.6. The first-order valence-electron chi connectivity index (χ1n) is 12.4. The number of ether oxygens (including phenoxy) is 1. The monoisotopic (exact) mass is 496 g/mol. The third-order valence-corrected chi connectivity index (χ3v) is 7.40. The Morgan fingerprint density at radius 3 is 2.58 bits per heavy atom. The lowest BCUT2D eigenvalue weighted by atomic mass is 9.87. The summed E-state index contributed by atoms with van der Waals surface area (Å²) in [7, 11) is 3.33. The van der Waals surface area contributed by atoms with Gasteiger partial charge in [-0.1, -0.05) is 6.92 Å². The molecule has 0 saturated carbocycles. The Morgan fingerprint density at radius 1 is 1.11 bits per heavy atom. The SMILES string of the molecule is C[C@@H]1Cc2c(F)cc(F)cc2C1CCc1cc(C(=O)N(C)C)cc2c(=O)cc(N3CCOCC3)oc12. The van der Waals surface area contributed by atoms with Gasteiger partial charge in [-0.3, -0.25) is 9.59 Å². The summed E-state index contributed by atoms with van der Waals surface area (Å²) in [4.78, 5) is 29.4. The maximum absolute atomic E-state index is 14.4. The van der Waals surface area contributed by atoms with Crippen LogP contribution in [-0.2, 0) is 17.6 Å². The number of morpholine rings is 1. The molecule has 190 valence electrons. The van der Waals surface area contributed by atoms with E-state index in [0.717, 1.165) is 11.6 Å². The second-order valence-corrected chi connectivity index (χ2v) is 10.0. The van der Waals surface area contributed by atoms with Crippen molar-refractivity contribution < 1.29 is 22.7 Å². The van der Waals surface area contributed by atoms with Crippen LogP contribution in [0.25, 0.3) is 11.0 Å². The molecule has 6 nitrogen and oxygen atoms in total. The van der Waals surface area contributed by atoms with Crippen LogP contribution >= 0.6 is 0 Å². The molecule has 2 aliphatic rings. The van der Waals surface area contributed by atoms with E-state index in [1.165, 1.54) is 17.0 Å². The van der Waals surface area contributed by atoms with Crippen LogP contribution in [0.3, 0.4) is 0 Å². The Hall–Kier alpha value is -3.26.